The normalized spacial score (nSPS) is 13.4. The summed E-state index contributed by atoms with van der Waals surface area (Å²) in [6.45, 7) is 11.6. The number of likely N-dealkylation sites (N-methyl/N-ethyl adjacent to an activating group) is 1. The Morgan fingerprint density at radius 1 is 0.923 bits per heavy atom. The Labute approximate surface area is 308 Å². The summed E-state index contributed by atoms with van der Waals surface area (Å²) in [5, 5.41) is 9.24. The number of piperazine rings is 1. The van der Waals surface area contributed by atoms with Crippen molar-refractivity contribution in [2.45, 2.75) is 27.2 Å². The van der Waals surface area contributed by atoms with Crippen molar-refractivity contribution in [3.63, 3.8) is 0 Å². The fraction of sp³-hybridized carbons (Fsp3) is 0.333. The molecule has 272 valence electrons. The molecular weight excluding hydrogens is 679 g/mol. The van der Waals surface area contributed by atoms with Crippen molar-refractivity contribution in [2.24, 2.45) is 0 Å². The van der Waals surface area contributed by atoms with Crippen LogP contribution in [0.3, 0.4) is 0 Å². The third-order valence-corrected chi connectivity index (χ3v) is 9.63. The van der Waals surface area contributed by atoms with Crippen molar-refractivity contribution < 1.29 is 23.7 Å². The number of nitrogens with one attached hydrogen (secondary N) is 2. The number of carbonyl (C=O) groups excluding carboxylic acids is 1. The average molecular weight is 724 g/mol. The topological polar surface area (TPSA) is 123 Å². The molecule has 3 aromatic carbocycles. The van der Waals surface area contributed by atoms with E-state index in [1.54, 1.807) is 31.6 Å². The second kappa shape index (κ2) is 16.9. The van der Waals surface area contributed by atoms with Crippen molar-refractivity contribution in [1.29, 1.82) is 0 Å². The van der Waals surface area contributed by atoms with Gasteiger partial charge in [-0.3, -0.25) is 4.79 Å². The summed E-state index contributed by atoms with van der Waals surface area (Å²) in [4.78, 5) is 32.4. The number of rotatable bonds is 14. The molecule has 0 radical (unpaired) electrons. The lowest BCUT2D eigenvalue weighted by Gasteiger charge is -2.32. The van der Waals surface area contributed by atoms with Gasteiger partial charge in [0.15, 0.2) is 11.5 Å². The zero-order valence-electron chi connectivity index (χ0n) is 30.5. The molecule has 0 saturated carbocycles. The molecule has 1 aliphatic heterocycles. The van der Waals surface area contributed by atoms with Gasteiger partial charge in [0, 0.05) is 73.4 Å². The Balaban J connectivity index is 1.26. The van der Waals surface area contributed by atoms with Crippen LogP contribution in [-0.2, 0) is 0 Å². The van der Waals surface area contributed by atoms with E-state index >= 15 is 0 Å². The molecule has 1 fully saturated rings. The fourth-order valence-electron chi connectivity index (χ4n) is 5.96. The molecular formula is C39H45N7O5S. The maximum atomic E-state index is 13.8. The highest BCUT2D eigenvalue weighted by Gasteiger charge is 2.21. The van der Waals surface area contributed by atoms with Gasteiger partial charge < -0.3 is 39.4 Å². The molecule has 3 heterocycles. The summed E-state index contributed by atoms with van der Waals surface area (Å²) in [5.74, 6) is 1.88. The van der Waals surface area contributed by atoms with E-state index in [-0.39, 0.29) is 17.4 Å². The largest absolute Gasteiger partial charge is 0.493 e. The van der Waals surface area contributed by atoms with E-state index in [0.717, 1.165) is 72.2 Å². The van der Waals surface area contributed by atoms with Crippen LogP contribution in [0.2, 0.25) is 0 Å². The van der Waals surface area contributed by atoms with Gasteiger partial charge >= 0.3 is 0 Å². The van der Waals surface area contributed by atoms with Crippen molar-refractivity contribution in [1.82, 2.24) is 24.8 Å². The Bertz CT molecular complexity index is 1990. The van der Waals surface area contributed by atoms with E-state index in [1.807, 2.05) is 74.7 Å². The number of aromatic nitrogens is 3. The molecule has 0 spiro atoms. The number of nitrogens with zero attached hydrogens (tertiary/aromatic N) is 5. The second-order valence-electron chi connectivity index (χ2n) is 12.7. The standard InChI is InChI=1S/C39H45N7O5S/c1-25-10-7-11-26(2)35(25)43-37(47)31-23-40-39(44-38(31)51-30-13-8-12-28(20-30)32-24-52-27(3)41-32)42-29-21-33(48-5)36(49-6)34(22-29)50-19-9-14-46-17-15-45(4)16-18-46/h7-8,10-13,20-24H,9,14-19H2,1-6H3,(H,43,47)(H,40,42,44). The van der Waals surface area contributed by atoms with Gasteiger partial charge in [-0.1, -0.05) is 30.3 Å². The summed E-state index contributed by atoms with van der Waals surface area (Å²) in [7, 11) is 5.32. The number of hydrogen-bond donors (Lipinski definition) is 2. The Morgan fingerprint density at radius 3 is 2.38 bits per heavy atom. The van der Waals surface area contributed by atoms with Crippen LogP contribution in [0, 0.1) is 20.8 Å². The molecule has 0 aliphatic carbocycles. The van der Waals surface area contributed by atoms with E-state index in [4.69, 9.17) is 23.9 Å². The molecule has 13 heteroatoms. The number of aryl methyl sites for hydroxylation is 3. The Kier molecular flexibility index (Phi) is 11.8. The molecule has 1 aliphatic rings. The monoisotopic (exact) mass is 723 g/mol. The summed E-state index contributed by atoms with van der Waals surface area (Å²) in [6, 6.07) is 17.0. The number of para-hydroxylation sites is 1. The van der Waals surface area contributed by atoms with Crippen molar-refractivity contribution in [3.05, 3.63) is 87.9 Å². The summed E-state index contributed by atoms with van der Waals surface area (Å²) in [6.07, 6.45) is 2.32. The molecule has 0 unspecified atom stereocenters. The van der Waals surface area contributed by atoms with Crippen LogP contribution in [0.1, 0.15) is 32.9 Å². The first-order chi connectivity index (χ1) is 25.2. The zero-order chi connectivity index (χ0) is 36.6. The fourth-order valence-corrected chi connectivity index (χ4v) is 6.58. The number of benzene rings is 3. The van der Waals surface area contributed by atoms with E-state index in [9.17, 15) is 4.79 Å². The van der Waals surface area contributed by atoms with Gasteiger partial charge in [-0.05, 0) is 57.5 Å². The van der Waals surface area contributed by atoms with Crippen LogP contribution in [-0.4, -0.2) is 91.3 Å². The second-order valence-corrected chi connectivity index (χ2v) is 13.8. The third kappa shape index (κ3) is 8.97. The van der Waals surface area contributed by atoms with Crippen LogP contribution in [0.15, 0.2) is 66.2 Å². The smallest absolute Gasteiger partial charge is 0.262 e. The van der Waals surface area contributed by atoms with Crippen molar-refractivity contribution >= 4 is 34.6 Å². The van der Waals surface area contributed by atoms with Crippen LogP contribution >= 0.6 is 11.3 Å². The van der Waals surface area contributed by atoms with Gasteiger partial charge in [0.1, 0.15) is 11.3 Å². The van der Waals surface area contributed by atoms with Gasteiger partial charge in [0.05, 0.1) is 31.5 Å². The number of thiazole rings is 1. The minimum atomic E-state index is -0.399. The quantitative estimate of drug-likeness (QED) is 0.112. The highest BCUT2D eigenvalue weighted by Crippen LogP contribution is 2.41. The van der Waals surface area contributed by atoms with Gasteiger partial charge in [-0.2, -0.15) is 4.98 Å². The number of hydrogen-bond acceptors (Lipinski definition) is 12. The van der Waals surface area contributed by atoms with E-state index in [2.05, 4.69) is 37.4 Å². The van der Waals surface area contributed by atoms with Crippen LogP contribution < -0.4 is 29.6 Å². The van der Waals surface area contributed by atoms with Crippen LogP contribution in [0.4, 0.5) is 17.3 Å². The summed E-state index contributed by atoms with van der Waals surface area (Å²) < 4.78 is 23.9. The molecule has 2 N–H and O–H groups in total. The van der Waals surface area contributed by atoms with Gasteiger partial charge in [0.2, 0.25) is 17.6 Å². The average Bonchev–Trinajstić information content (AvgIpc) is 3.58. The molecule has 12 nitrogen and oxygen atoms in total. The molecule has 0 bridgehead atoms. The lowest BCUT2D eigenvalue weighted by atomic mass is 10.1. The predicted octanol–water partition coefficient (Wildman–Crippen LogP) is 7.35. The Hall–Kier alpha value is -5.24. The maximum Gasteiger partial charge on any atom is 0.262 e. The lowest BCUT2D eigenvalue weighted by molar-refractivity contribution is 0.102. The lowest BCUT2D eigenvalue weighted by Crippen LogP contribution is -2.44. The molecule has 6 rings (SSSR count). The SMILES string of the molecule is COc1cc(Nc2ncc(C(=O)Nc3c(C)cccc3C)c(Oc3cccc(-c4csc(C)n4)c3)n2)cc(OCCCN2CCN(C)CC2)c1OC. The molecule has 1 saturated heterocycles. The van der Waals surface area contributed by atoms with Gasteiger partial charge in [-0.15, -0.1) is 11.3 Å². The van der Waals surface area contributed by atoms with Crippen LogP contribution in [0.5, 0.6) is 28.9 Å². The first-order valence-corrected chi connectivity index (χ1v) is 18.1. The predicted molar refractivity (Wildman–Crippen MR) is 205 cm³/mol. The number of carbonyl (C=O) groups is 1. The van der Waals surface area contributed by atoms with Gasteiger partial charge in [0.25, 0.3) is 5.91 Å². The van der Waals surface area contributed by atoms with Gasteiger partial charge in [-0.25, -0.2) is 9.97 Å². The molecule has 52 heavy (non-hydrogen) atoms. The first kappa shape index (κ1) is 36.5. The summed E-state index contributed by atoms with van der Waals surface area (Å²) in [5.41, 5.74) is 5.10. The number of ether oxygens (including phenoxy) is 4. The first-order valence-electron chi connectivity index (χ1n) is 17.2. The molecule has 5 aromatic rings. The number of anilines is 3. The highest BCUT2D eigenvalue weighted by atomic mass is 32.1. The molecule has 0 atom stereocenters. The van der Waals surface area contributed by atoms with Crippen molar-refractivity contribution in [2.75, 3.05) is 71.2 Å². The zero-order valence-corrected chi connectivity index (χ0v) is 31.3. The number of methoxy groups -OCH3 is 2. The maximum absolute atomic E-state index is 13.8. The molecule has 1 amide bonds. The highest BCUT2D eigenvalue weighted by molar-refractivity contribution is 7.09. The van der Waals surface area contributed by atoms with E-state index in [1.165, 1.54) is 6.20 Å². The summed E-state index contributed by atoms with van der Waals surface area (Å²) >= 11 is 1.58. The van der Waals surface area contributed by atoms with Crippen molar-refractivity contribution in [3.8, 4) is 40.1 Å². The molecule has 2 aromatic heterocycles. The minimum Gasteiger partial charge on any atom is -0.493 e. The van der Waals surface area contributed by atoms with Crippen LogP contribution in [0.25, 0.3) is 11.3 Å². The minimum absolute atomic E-state index is 0.0775. The number of amides is 1. The third-order valence-electron chi connectivity index (χ3n) is 8.85. The van der Waals surface area contributed by atoms with E-state index in [0.29, 0.717) is 35.3 Å². The Morgan fingerprint density at radius 2 is 1.67 bits per heavy atom. The van der Waals surface area contributed by atoms with E-state index < -0.39 is 5.91 Å².